The number of hydrazine groups is 1. The van der Waals surface area contributed by atoms with Gasteiger partial charge in [0.2, 0.25) is 24.8 Å². The first-order chi connectivity index (χ1) is 20.8. The summed E-state index contributed by atoms with van der Waals surface area (Å²) in [5, 5.41) is 6.21. The number of amides is 2. The molecular formula is C32H60BN6O5+. The molecule has 3 saturated carbocycles. The van der Waals surface area contributed by atoms with E-state index < -0.39 is 13.2 Å². The largest absolute Gasteiger partial charge is 0.481 e. The molecule has 250 valence electrons. The van der Waals surface area contributed by atoms with E-state index in [1.165, 1.54) is 32.7 Å². The van der Waals surface area contributed by atoms with Crippen molar-refractivity contribution in [2.45, 2.75) is 149 Å². The van der Waals surface area contributed by atoms with Crippen molar-refractivity contribution in [1.82, 2.24) is 16.1 Å². The number of nitrogens with zero attached hydrogens (tertiary/aromatic N) is 2. The summed E-state index contributed by atoms with van der Waals surface area (Å²) in [7, 11) is 0.753. The summed E-state index contributed by atoms with van der Waals surface area (Å²) < 4.78 is 13.3. The number of hydrogen-bond donors (Lipinski definition) is 4. The Morgan fingerprint density at radius 3 is 2.36 bits per heavy atom. The summed E-state index contributed by atoms with van der Waals surface area (Å²) in [6.45, 7) is 13.6. The van der Waals surface area contributed by atoms with Crippen molar-refractivity contribution in [2.75, 3.05) is 13.6 Å². The summed E-state index contributed by atoms with van der Waals surface area (Å²) in [6.07, 6.45) is 12.0. The number of nitrogens with two attached hydrogens (primary N) is 1. The Hall–Kier alpha value is -2.21. The van der Waals surface area contributed by atoms with Gasteiger partial charge in [0.1, 0.15) is 10.9 Å². The lowest BCUT2D eigenvalue weighted by molar-refractivity contribution is -0.562. The highest BCUT2D eigenvalue weighted by atomic mass is 16.7. The Labute approximate surface area is 265 Å². The van der Waals surface area contributed by atoms with Crippen LogP contribution in [0.2, 0.25) is 0 Å². The molecule has 0 radical (unpaired) electrons. The number of nitrogens with one attached hydrogen (secondary N) is 3. The maximum absolute atomic E-state index is 13.8. The van der Waals surface area contributed by atoms with Crippen LogP contribution in [0.25, 0.3) is 0 Å². The smallest absolute Gasteiger partial charge is 0.404 e. The molecule has 0 unspecified atom stereocenters. The number of aliphatic imine (C=N–C) groups is 1. The normalized spacial score (nSPS) is 26.9. The second kappa shape index (κ2) is 16.4. The van der Waals surface area contributed by atoms with Gasteiger partial charge in [0, 0.05) is 13.0 Å². The minimum Gasteiger partial charge on any atom is -0.404 e. The van der Waals surface area contributed by atoms with Gasteiger partial charge in [-0.1, -0.05) is 78.6 Å². The van der Waals surface area contributed by atoms with Crippen molar-refractivity contribution < 1.29 is 23.8 Å². The molecule has 0 spiro atoms. The SMILES string of the molecule is CCCCCCCCCC(=O)N[C@@H](CCCN=C(N)N[N+](C)=O)C(=O)N[C@@H](CC(C)C)B1O[C@@H]2C[C@@H]3C[C@@H](C3(C)C)[C@]2(C)O1. The number of carbonyl (C=O) groups is 2. The molecule has 0 aromatic carbocycles. The van der Waals surface area contributed by atoms with Gasteiger partial charge in [-0.15, -0.1) is 0 Å². The molecule has 44 heavy (non-hydrogen) atoms. The quantitative estimate of drug-likeness (QED) is 0.0418. The molecule has 1 saturated heterocycles. The topological polar surface area (TPSA) is 147 Å². The minimum absolute atomic E-state index is 0.00930. The predicted octanol–water partition coefficient (Wildman–Crippen LogP) is 4.42. The van der Waals surface area contributed by atoms with Crippen LogP contribution in [0.1, 0.15) is 125 Å². The van der Waals surface area contributed by atoms with Gasteiger partial charge in [-0.25, -0.2) is 4.99 Å². The number of rotatable bonds is 19. The number of nitroso groups, excluding NO2 is 1. The Bertz CT molecular complexity index is 1010. The van der Waals surface area contributed by atoms with E-state index in [9.17, 15) is 14.5 Å². The van der Waals surface area contributed by atoms with Crippen LogP contribution in [0.5, 0.6) is 0 Å². The van der Waals surface area contributed by atoms with Gasteiger partial charge in [-0.05, 0) is 68.6 Å². The highest BCUT2D eigenvalue weighted by Gasteiger charge is 2.68. The predicted molar refractivity (Wildman–Crippen MR) is 174 cm³/mol. The monoisotopic (exact) mass is 619 g/mol. The van der Waals surface area contributed by atoms with Crippen molar-refractivity contribution in [3.8, 4) is 0 Å². The van der Waals surface area contributed by atoms with Crippen molar-refractivity contribution >= 4 is 24.9 Å². The highest BCUT2D eigenvalue weighted by Crippen LogP contribution is 2.65. The van der Waals surface area contributed by atoms with E-state index in [1.807, 2.05) is 0 Å². The zero-order valence-corrected chi connectivity index (χ0v) is 28.5. The molecule has 6 atom stereocenters. The van der Waals surface area contributed by atoms with Crippen LogP contribution in [0.4, 0.5) is 0 Å². The molecule has 4 rings (SSSR count). The summed E-state index contributed by atoms with van der Waals surface area (Å²) in [5.41, 5.74) is 7.97. The summed E-state index contributed by atoms with van der Waals surface area (Å²) >= 11 is 0. The Kier molecular flexibility index (Phi) is 13.5. The van der Waals surface area contributed by atoms with E-state index in [2.05, 4.69) is 62.6 Å². The highest BCUT2D eigenvalue weighted by molar-refractivity contribution is 6.48. The van der Waals surface area contributed by atoms with Crippen LogP contribution in [0.15, 0.2) is 4.99 Å². The number of unbranched alkanes of at least 4 members (excludes halogenated alkanes) is 6. The van der Waals surface area contributed by atoms with Crippen molar-refractivity contribution in [3.63, 3.8) is 0 Å². The zero-order valence-electron chi connectivity index (χ0n) is 28.5. The Morgan fingerprint density at radius 2 is 1.73 bits per heavy atom. The molecule has 0 aromatic heterocycles. The Balaban J connectivity index is 1.63. The average molecular weight is 620 g/mol. The molecule has 0 aromatic rings. The number of guanidine groups is 1. The fourth-order valence-electron chi connectivity index (χ4n) is 7.57. The first kappa shape index (κ1) is 36.3. The van der Waals surface area contributed by atoms with E-state index in [1.54, 1.807) is 0 Å². The molecule has 1 heterocycles. The van der Waals surface area contributed by atoms with Gasteiger partial charge in [0.05, 0.1) is 22.6 Å². The van der Waals surface area contributed by atoms with E-state index in [4.69, 9.17) is 15.0 Å². The molecule has 4 aliphatic rings. The fraction of sp³-hybridized carbons (Fsp3) is 0.906. The van der Waals surface area contributed by atoms with Crippen LogP contribution in [0, 0.1) is 28.1 Å². The van der Waals surface area contributed by atoms with Gasteiger partial charge >= 0.3 is 7.12 Å². The molecule has 12 heteroatoms. The molecular weight excluding hydrogens is 559 g/mol. The van der Waals surface area contributed by atoms with Gasteiger partial charge in [0.15, 0.2) is 0 Å². The van der Waals surface area contributed by atoms with Gasteiger partial charge in [-0.3, -0.25) is 9.59 Å². The average Bonchev–Trinajstić information content (AvgIpc) is 3.30. The minimum atomic E-state index is -0.723. The fourth-order valence-corrected chi connectivity index (χ4v) is 7.57. The van der Waals surface area contributed by atoms with Crippen LogP contribution < -0.4 is 21.8 Å². The first-order valence-corrected chi connectivity index (χ1v) is 17.2. The van der Waals surface area contributed by atoms with E-state index >= 15 is 0 Å². The van der Waals surface area contributed by atoms with Crippen LogP contribution in [-0.4, -0.2) is 67.0 Å². The van der Waals surface area contributed by atoms with Gasteiger partial charge < -0.3 is 25.7 Å². The van der Waals surface area contributed by atoms with Gasteiger partial charge in [0.25, 0.3) is 0 Å². The molecule has 11 nitrogen and oxygen atoms in total. The van der Waals surface area contributed by atoms with Crippen molar-refractivity contribution in [3.05, 3.63) is 4.91 Å². The molecule has 2 amide bonds. The standard InChI is InChI=1S/C32H59BN6O5/c1-8-9-10-11-12-13-14-17-28(40)36-24(16-15-18-35-30(34)38-39(7)42)29(41)37-27(19-22(2)3)33-43-26-21-23-20-25(31(23,4)5)32(26,6)44-33/h22-27H,8-21H2,1-7H3,(H4-,34,35,36,37,38,40,41,42)/p+1/t23-,24-,25-,26+,27-,32-/m0/s1. The number of carbonyl (C=O) groups excluding carboxylic acids is 2. The van der Waals surface area contributed by atoms with E-state index in [0.29, 0.717) is 54.9 Å². The van der Waals surface area contributed by atoms with E-state index in [-0.39, 0.29) is 40.8 Å². The molecule has 4 fully saturated rings. The second-order valence-electron chi connectivity index (χ2n) is 14.6. The summed E-state index contributed by atoms with van der Waals surface area (Å²) in [4.78, 5) is 42.5. The van der Waals surface area contributed by atoms with Crippen LogP contribution >= 0.6 is 0 Å². The van der Waals surface area contributed by atoms with E-state index in [0.717, 1.165) is 32.1 Å². The van der Waals surface area contributed by atoms with Crippen LogP contribution in [0.3, 0.4) is 0 Å². The molecule has 2 bridgehead atoms. The zero-order chi connectivity index (χ0) is 32.5. The third-order valence-electron chi connectivity index (χ3n) is 10.2. The first-order valence-electron chi connectivity index (χ1n) is 17.2. The molecule has 3 aliphatic carbocycles. The maximum atomic E-state index is 13.8. The van der Waals surface area contributed by atoms with Gasteiger partial charge in [-0.2, -0.15) is 0 Å². The molecule has 5 N–H and O–H groups in total. The number of hydrogen-bond acceptors (Lipinski definition) is 6. The third-order valence-corrected chi connectivity index (χ3v) is 10.2. The lowest BCUT2D eigenvalue weighted by Crippen LogP contribution is -2.65. The molecule has 1 aliphatic heterocycles. The Morgan fingerprint density at radius 1 is 1.05 bits per heavy atom. The third kappa shape index (κ3) is 9.65. The van der Waals surface area contributed by atoms with Crippen LogP contribution in [-0.2, 0) is 18.9 Å². The summed E-state index contributed by atoms with van der Waals surface area (Å²) in [5.74, 6) is 0.695. The summed E-state index contributed by atoms with van der Waals surface area (Å²) in [6, 6.07) is -0.723. The lowest BCUT2D eigenvalue weighted by atomic mass is 9.43. The lowest BCUT2D eigenvalue weighted by Gasteiger charge is -2.64. The van der Waals surface area contributed by atoms with Crippen molar-refractivity contribution in [2.24, 2.45) is 33.9 Å². The maximum Gasteiger partial charge on any atom is 0.481 e. The van der Waals surface area contributed by atoms with Crippen molar-refractivity contribution in [1.29, 1.82) is 0 Å². The second-order valence-corrected chi connectivity index (χ2v) is 14.6.